The standard InChI is InChI=1S/C15H17F3O3/c1-9(19)12(21-13(20)14(2,3)4)10-5-7-11(8-6-10)15(16,17)18/h5-8,12H,1-4H3. The highest BCUT2D eigenvalue weighted by molar-refractivity contribution is 5.85. The molecule has 0 fully saturated rings. The summed E-state index contributed by atoms with van der Waals surface area (Å²) in [6.07, 6.45) is -5.65. The van der Waals surface area contributed by atoms with Gasteiger partial charge < -0.3 is 4.74 Å². The first kappa shape index (κ1) is 17.2. The van der Waals surface area contributed by atoms with Crippen molar-refractivity contribution in [3.05, 3.63) is 35.4 Å². The van der Waals surface area contributed by atoms with Crippen molar-refractivity contribution in [2.75, 3.05) is 0 Å². The highest BCUT2D eigenvalue weighted by Crippen LogP contribution is 2.31. The Kier molecular flexibility index (Phi) is 4.81. The second-order valence-corrected chi connectivity index (χ2v) is 5.77. The molecule has 0 amide bonds. The van der Waals surface area contributed by atoms with Crippen molar-refractivity contribution in [2.45, 2.75) is 40.0 Å². The van der Waals surface area contributed by atoms with E-state index in [2.05, 4.69) is 0 Å². The third-order valence-electron chi connectivity index (χ3n) is 2.75. The number of benzene rings is 1. The molecule has 0 bridgehead atoms. The zero-order valence-corrected chi connectivity index (χ0v) is 12.2. The van der Waals surface area contributed by atoms with Crippen molar-refractivity contribution < 1.29 is 27.5 Å². The summed E-state index contributed by atoms with van der Waals surface area (Å²) in [5, 5.41) is 0. The Morgan fingerprint density at radius 3 is 1.86 bits per heavy atom. The number of halogens is 3. The Labute approximate surface area is 121 Å². The number of carbonyl (C=O) groups excluding carboxylic acids is 2. The Morgan fingerprint density at radius 1 is 1.05 bits per heavy atom. The van der Waals surface area contributed by atoms with Gasteiger partial charge in [-0.1, -0.05) is 12.1 Å². The average molecular weight is 302 g/mol. The van der Waals surface area contributed by atoms with E-state index in [1.165, 1.54) is 6.92 Å². The Morgan fingerprint density at radius 2 is 1.52 bits per heavy atom. The van der Waals surface area contributed by atoms with E-state index in [-0.39, 0.29) is 5.56 Å². The van der Waals surface area contributed by atoms with Gasteiger partial charge in [-0.2, -0.15) is 13.2 Å². The first-order valence-electron chi connectivity index (χ1n) is 6.31. The van der Waals surface area contributed by atoms with E-state index in [0.29, 0.717) is 0 Å². The normalized spacial score (nSPS) is 13.7. The van der Waals surface area contributed by atoms with Crippen LogP contribution in [-0.4, -0.2) is 11.8 Å². The number of hydrogen-bond donors (Lipinski definition) is 0. The number of alkyl halides is 3. The molecule has 0 aliphatic carbocycles. The summed E-state index contributed by atoms with van der Waals surface area (Å²) in [6.45, 7) is 6.09. The maximum Gasteiger partial charge on any atom is 0.416 e. The van der Waals surface area contributed by atoms with Crippen LogP contribution < -0.4 is 0 Å². The maximum absolute atomic E-state index is 12.5. The van der Waals surface area contributed by atoms with Crippen LogP contribution >= 0.6 is 0 Å². The minimum absolute atomic E-state index is 0.216. The van der Waals surface area contributed by atoms with E-state index < -0.39 is 35.0 Å². The van der Waals surface area contributed by atoms with Gasteiger partial charge in [-0.05, 0) is 45.4 Å². The number of rotatable bonds is 3. The molecule has 0 aliphatic heterocycles. The lowest BCUT2D eigenvalue weighted by Crippen LogP contribution is -2.27. The van der Waals surface area contributed by atoms with E-state index in [0.717, 1.165) is 24.3 Å². The van der Waals surface area contributed by atoms with Crippen LogP contribution in [0.15, 0.2) is 24.3 Å². The lowest BCUT2D eigenvalue weighted by atomic mass is 9.96. The van der Waals surface area contributed by atoms with Gasteiger partial charge in [0.05, 0.1) is 11.0 Å². The van der Waals surface area contributed by atoms with E-state index in [9.17, 15) is 22.8 Å². The number of carbonyl (C=O) groups is 2. The minimum Gasteiger partial charge on any atom is -0.449 e. The Hall–Kier alpha value is -1.85. The average Bonchev–Trinajstić information content (AvgIpc) is 2.33. The van der Waals surface area contributed by atoms with Crippen LogP contribution in [0, 0.1) is 5.41 Å². The van der Waals surface area contributed by atoms with Crippen LogP contribution in [-0.2, 0) is 20.5 Å². The van der Waals surface area contributed by atoms with Crippen LogP contribution in [0.3, 0.4) is 0 Å². The molecular formula is C15H17F3O3. The predicted octanol–water partition coefficient (Wildman–Crippen LogP) is 3.92. The monoisotopic (exact) mass is 302 g/mol. The van der Waals surface area contributed by atoms with Gasteiger partial charge in [0.2, 0.25) is 0 Å². The topological polar surface area (TPSA) is 43.4 Å². The summed E-state index contributed by atoms with van der Waals surface area (Å²) >= 11 is 0. The lowest BCUT2D eigenvalue weighted by Gasteiger charge is -2.22. The summed E-state index contributed by atoms with van der Waals surface area (Å²) in [7, 11) is 0. The summed E-state index contributed by atoms with van der Waals surface area (Å²) in [5.74, 6) is -1.05. The van der Waals surface area contributed by atoms with Crippen molar-refractivity contribution in [1.82, 2.24) is 0 Å². The van der Waals surface area contributed by atoms with Gasteiger partial charge in [0.25, 0.3) is 0 Å². The van der Waals surface area contributed by atoms with E-state index >= 15 is 0 Å². The fraction of sp³-hybridized carbons (Fsp3) is 0.467. The van der Waals surface area contributed by atoms with Crippen LogP contribution in [0.1, 0.15) is 44.9 Å². The molecule has 0 N–H and O–H groups in total. The van der Waals surface area contributed by atoms with E-state index in [1.54, 1.807) is 20.8 Å². The molecule has 1 aromatic carbocycles. The van der Waals surface area contributed by atoms with Gasteiger partial charge in [-0.3, -0.25) is 9.59 Å². The fourth-order valence-corrected chi connectivity index (χ4v) is 1.52. The van der Waals surface area contributed by atoms with E-state index in [1.807, 2.05) is 0 Å². The van der Waals surface area contributed by atoms with Crippen LogP contribution in [0.2, 0.25) is 0 Å². The third-order valence-corrected chi connectivity index (χ3v) is 2.75. The highest BCUT2D eigenvalue weighted by atomic mass is 19.4. The molecule has 3 nitrogen and oxygen atoms in total. The zero-order valence-electron chi connectivity index (χ0n) is 12.2. The van der Waals surface area contributed by atoms with Gasteiger partial charge in [0, 0.05) is 0 Å². The molecule has 0 heterocycles. The van der Waals surface area contributed by atoms with Gasteiger partial charge in [-0.25, -0.2) is 0 Å². The van der Waals surface area contributed by atoms with Crippen molar-refractivity contribution in [3.63, 3.8) is 0 Å². The molecule has 21 heavy (non-hydrogen) atoms. The SMILES string of the molecule is CC(=O)C(OC(=O)C(C)(C)C)c1ccc(C(F)(F)F)cc1. The Balaban J connectivity index is 3.02. The third kappa shape index (κ3) is 4.58. The molecule has 6 heteroatoms. The quantitative estimate of drug-likeness (QED) is 0.795. The molecule has 1 atom stereocenters. The number of ketones is 1. The van der Waals surface area contributed by atoms with Crippen LogP contribution in [0.5, 0.6) is 0 Å². The summed E-state index contributed by atoms with van der Waals surface area (Å²) in [6, 6.07) is 4.00. The summed E-state index contributed by atoms with van der Waals surface area (Å²) < 4.78 is 42.6. The number of esters is 1. The molecule has 1 aromatic rings. The molecule has 0 spiro atoms. The molecule has 0 saturated carbocycles. The molecule has 0 aliphatic rings. The second kappa shape index (κ2) is 5.87. The summed E-state index contributed by atoms with van der Waals surface area (Å²) in [4.78, 5) is 23.4. The molecule has 1 unspecified atom stereocenters. The van der Waals surface area contributed by atoms with Crippen LogP contribution in [0.25, 0.3) is 0 Å². The number of hydrogen-bond acceptors (Lipinski definition) is 3. The molecule has 0 aromatic heterocycles. The van der Waals surface area contributed by atoms with Gasteiger partial charge in [-0.15, -0.1) is 0 Å². The first-order valence-corrected chi connectivity index (χ1v) is 6.31. The molecule has 1 rings (SSSR count). The fourth-order valence-electron chi connectivity index (χ4n) is 1.52. The molecule has 0 radical (unpaired) electrons. The van der Waals surface area contributed by atoms with E-state index in [4.69, 9.17) is 4.74 Å². The first-order chi connectivity index (χ1) is 9.43. The largest absolute Gasteiger partial charge is 0.449 e. The maximum atomic E-state index is 12.5. The van der Waals surface area contributed by atoms with Crippen molar-refractivity contribution >= 4 is 11.8 Å². The van der Waals surface area contributed by atoms with Crippen molar-refractivity contribution in [3.8, 4) is 0 Å². The van der Waals surface area contributed by atoms with Gasteiger partial charge in [0.15, 0.2) is 11.9 Å². The van der Waals surface area contributed by atoms with Gasteiger partial charge >= 0.3 is 12.1 Å². The molecule has 116 valence electrons. The number of ether oxygens (including phenoxy) is 1. The zero-order chi connectivity index (χ0) is 16.4. The number of Topliss-reactive ketones (excluding diaryl/α,β-unsaturated/α-hetero) is 1. The summed E-state index contributed by atoms with van der Waals surface area (Å²) in [5.41, 5.74) is -1.41. The van der Waals surface area contributed by atoms with Gasteiger partial charge in [0.1, 0.15) is 0 Å². The van der Waals surface area contributed by atoms with Crippen molar-refractivity contribution in [2.24, 2.45) is 5.41 Å². The lowest BCUT2D eigenvalue weighted by molar-refractivity contribution is -0.163. The second-order valence-electron chi connectivity index (χ2n) is 5.77. The van der Waals surface area contributed by atoms with Crippen LogP contribution in [0.4, 0.5) is 13.2 Å². The van der Waals surface area contributed by atoms with Crippen molar-refractivity contribution in [1.29, 1.82) is 0 Å². The molecular weight excluding hydrogens is 285 g/mol. The smallest absolute Gasteiger partial charge is 0.416 e. The molecule has 0 saturated heterocycles. The predicted molar refractivity (Wildman–Crippen MR) is 70.4 cm³/mol. The highest BCUT2D eigenvalue weighted by Gasteiger charge is 2.32. The Bertz CT molecular complexity index is 525. The minimum atomic E-state index is -4.45.